The molecule has 0 bridgehead atoms. The molecule has 0 radical (unpaired) electrons. The lowest BCUT2D eigenvalue weighted by Crippen LogP contribution is -2.28. The molecule has 6 nitrogen and oxygen atoms in total. The molecule has 1 aliphatic rings. The minimum Gasteiger partial charge on any atom is -0.493 e. The summed E-state index contributed by atoms with van der Waals surface area (Å²) in [7, 11) is 1.53. The average molecular weight is 519 g/mol. The number of benzene rings is 3. The van der Waals surface area contributed by atoms with Crippen molar-refractivity contribution in [3.63, 3.8) is 0 Å². The molecule has 1 N–H and O–H groups in total. The van der Waals surface area contributed by atoms with E-state index in [4.69, 9.17) is 21.7 Å². The third-order valence-electron chi connectivity index (χ3n) is 5.57. The topological polar surface area (TPSA) is 67.9 Å². The van der Waals surface area contributed by atoms with Crippen molar-refractivity contribution in [3.05, 3.63) is 87.8 Å². The highest BCUT2D eigenvalue weighted by molar-refractivity contribution is 8.27. The van der Waals surface area contributed by atoms with Gasteiger partial charge >= 0.3 is 0 Å². The van der Waals surface area contributed by atoms with Crippen molar-refractivity contribution in [2.75, 3.05) is 23.9 Å². The van der Waals surface area contributed by atoms with Crippen LogP contribution in [-0.2, 0) is 9.59 Å². The molecule has 0 aromatic heterocycles. The molecule has 1 fully saturated rings. The van der Waals surface area contributed by atoms with Gasteiger partial charge in [-0.15, -0.1) is 0 Å². The summed E-state index contributed by atoms with van der Waals surface area (Å²) >= 11 is 6.77. The van der Waals surface area contributed by atoms with E-state index in [0.717, 1.165) is 27.9 Å². The molecule has 0 unspecified atom stereocenters. The van der Waals surface area contributed by atoms with E-state index < -0.39 is 0 Å². The normalized spacial score (nSPS) is 14.3. The van der Waals surface area contributed by atoms with Crippen LogP contribution in [0.15, 0.2) is 65.6 Å². The molecule has 0 aliphatic carbocycles. The van der Waals surface area contributed by atoms with Crippen LogP contribution in [0.3, 0.4) is 0 Å². The second-order valence-corrected chi connectivity index (χ2v) is 10.1. The molecular weight excluding hydrogens is 492 g/mol. The molecule has 0 saturated carbocycles. The van der Waals surface area contributed by atoms with Gasteiger partial charge in [0.05, 0.1) is 17.7 Å². The Hall–Kier alpha value is -3.62. The van der Waals surface area contributed by atoms with Gasteiger partial charge in [0.1, 0.15) is 0 Å². The van der Waals surface area contributed by atoms with Crippen molar-refractivity contribution in [2.45, 2.75) is 20.8 Å². The molecule has 2 amide bonds. The summed E-state index contributed by atoms with van der Waals surface area (Å²) in [5, 5.41) is 2.80. The minimum absolute atomic E-state index is 0.163. The molecule has 0 spiro atoms. The first kappa shape index (κ1) is 25.5. The lowest BCUT2D eigenvalue weighted by molar-refractivity contribution is -0.118. The lowest BCUT2D eigenvalue weighted by Gasteiger charge is -2.17. The monoisotopic (exact) mass is 518 g/mol. The standard InChI is InChI=1S/C28H26N2O4S2/c1-17-5-9-21(10-6-17)29-26(31)16-34-23-12-8-20(14-24(23)33-4)15-25-27(32)30(28(35)36-25)22-11-7-18(2)13-19(22)3/h5-15H,16H2,1-4H3,(H,29,31)/b25-15-. The predicted molar refractivity (Wildman–Crippen MR) is 150 cm³/mol. The Morgan fingerprint density at radius 3 is 2.42 bits per heavy atom. The van der Waals surface area contributed by atoms with Crippen molar-refractivity contribution in [1.29, 1.82) is 0 Å². The summed E-state index contributed by atoms with van der Waals surface area (Å²) in [5.41, 5.74) is 5.47. The molecule has 3 aromatic carbocycles. The molecule has 0 atom stereocenters. The number of methoxy groups -OCH3 is 1. The first-order chi connectivity index (χ1) is 17.2. The highest BCUT2D eigenvalue weighted by Crippen LogP contribution is 2.38. The second kappa shape index (κ2) is 11.0. The van der Waals surface area contributed by atoms with Crippen LogP contribution in [0.1, 0.15) is 22.3 Å². The molecule has 1 saturated heterocycles. The van der Waals surface area contributed by atoms with Gasteiger partial charge in [-0.25, -0.2) is 0 Å². The maximum atomic E-state index is 13.2. The molecule has 3 aromatic rings. The third kappa shape index (κ3) is 5.78. The molecule has 1 heterocycles. The Balaban J connectivity index is 1.46. The van der Waals surface area contributed by atoms with Gasteiger partial charge in [-0.3, -0.25) is 14.5 Å². The van der Waals surface area contributed by atoms with E-state index in [1.54, 1.807) is 29.2 Å². The van der Waals surface area contributed by atoms with Crippen LogP contribution in [0.25, 0.3) is 6.08 Å². The van der Waals surface area contributed by atoms with Gasteiger partial charge in [0, 0.05) is 5.69 Å². The maximum absolute atomic E-state index is 13.2. The molecule has 36 heavy (non-hydrogen) atoms. The minimum atomic E-state index is -0.278. The van der Waals surface area contributed by atoms with Crippen LogP contribution in [0.2, 0.25) is 0 Å². The van der Waals surface area contributed by atoms with Crippen molar-refractivity contribution in [2.24, 2.45) is 0 Å². The Kier molecular flexibility index (Phi) is 7.76. The number of hydrogen-bond donors (Lipinski definition) is 1. The summed E-state index contributed by atoms with van der Waals surface area (Å²) < 4.78 is 11.6. The number of amides is 2. The largest absolute Gasteiger partial charge is 0.493 e. The van der Waals surface area contributed by atoms with Crippen LogP contribution in [0.5, 0.6) is 11.5 Å². The molecule has 8 heteroatoms. The zero-order valence-electron chi connectivity index (χ0n) is 20.5. The second-order valence-electron chi connectivity index (χ2n) is 8.42. The van der Waals surface area contributed by atoms with Gasteiger partial charge in [0.2, 0.25) is 0 Å². The number of nitrogens with one attached hydrogen (secondary N) is 1. The van der Waals surface area contributed by atoms with Crippen molar-refractivity contribution >= 4 is 57.6 Å². The lowest BCUT2D eigenvalue weighted by atomic mass is 10.1. The number of carbonyl (C=O) groups excluding carboxylic acids is 2. The van der Waals surface area contributed by atoms with Gasteiger partial charge in [-0.1, -0.05) is 65.4 Å². The van der Waals surface area contributed by atoms with Gasteiger partial charge < -0.3 is 14.8 Å². The zero-order chi connectivity index (χ0) is 25.8. The third-order valence-corrected chi connectivity index (χ3v) is 6.87. The maximum Gasteiger partial charge on any atom is 0.270 e. The highest BCUT2D eigenvalue weighted by Gasteiger charge is 2.34. The van der Waals surface area contributed by atoms with Crippen molar-refractivity contribution in [3.8, 4) is 11.5 Å². The predicted octanol–water partition coefficient (Wildman–Crippen LogP) is 6.04. The molecule has 184 valence electrons. The fourth-order valence-corrected chi connectivity index (χ4v) is 5.04. The number of rotatable bonds is 7. The van der Waals surface area contributed by atoms with Gasteiger partial charge in [0.25, 0.3) is 11.8 Å². The van der Waals surface area contributed by atoms with Crippen molar-refractivity contribution in [1.82, 2.24) is 0 Å². The molecule has 4 rings (SSSR count). The summed E-state index contributed by atoms with van der Waals surface area (Å²) in [6, 6.07) is 18.7. The smallest absolute Gasteiger partial charge is 0.270 e. The number of nitrogens with zero attached hydrogens (tertiary/aromatic N) is 1. The SMILES string of the molecule is COc1cc(/C=C2\SC(=S)N(c3ccc(C)cc3C)C2=O)ccc1OCC(=O)Nc1ccc(C)cc1. The Labute approximate surface area is 220 Å². The number of carbonyl (C=O) groups is 2. The zero-order valence-corrected chi connectivity index (χ0v) is 22.1. The highest BCUT2D eigenvalue weighted by atomic mass is 32.2. The molecular formula is C28H26N2O4S2. The number of ether oxygens (including phenoxy) is 2. The van der Waals surface area contributed by atoms with E-state index in [2.05, 4.69) is 5.32 Å². The quantitative estimate of drug-likeness (QED) is 0.304. The number of anilines is 2. The summed E-state index contributed by atoms with van der Waals surface area (Å²) in [6.45, 7) is 5.79. The number of thiocarbonyl (C=S) groups is 1. The first-order valence-electron chi connectivity index (χ1n) is 11.3. The van der Waals surface area contributed by atoms with Gasteiger partial charge in [-0.05, 0) is 68.3 Å². The van der Waals surface area contributed by atoms with E-state index in [-0.39, 0.29) is 18.4 Å². The number of thioether (sulfide) groups is 1. The molecule has 1 aliphatic heterocycles. The van der Waals surface area contributed by atoms with Crippen LogP contribution < -0.4 is 19.7 Å². The Morgan fingerprint density at radius 1 is 1.00 bits per heavy atom. The average Bonchev–Trinajstić information content (AvgIpc) is 3.12. The van der Waals surface area contributed by atoms with E-state index in [1.165, 1.54) is 18.9 Å². The van der Waals surface area contributed by atoms with Gasteiger partial charge in [0.15, 0.2) is 22.4 Å². The van der Waals surface area contributed by atoms with E-state index in [0.29, 0.717) is 26.4 Å². The van der Waals surface area contributed by atoms with Gasteiger partial charge in [-0.2, -0.15) is 0 Å². The van der Waals surface area contributed by atoms with Crippen LogP contribution in [-0.4, -0.2) is 29.9 Å². The van der Waals surface area contributed by atoms with E-state index >= 15 is 0 Å². The number of hydrogen-bond acceptors (Lipinski definition) is 6. The number of aryl methyl sites for hydroxylation is 3. The Morgan fingerprint density at radius 2 is 1.72 bits per heavy atom. The van der Waals surface area contributed by atoms with Crippen LogP contribution in [0.4, 0.5) is 11.4 Å². The fraction of sp³-hybridized carbons (Fsp3) is 0.179. The van der Waals surface area contributed by atoms with Crippen LogP contribution in [0, 0.1) is 20.8 Å². The fourth-order valence-electron chi connectivity index (χ4n) is 3.75. The van der Waals surface area contributed by atoms with E-state index in [1.807, 2.05) is 63.2 Å². The Bertz CT molecular complexity index is 1370. The summed E-state index contributed by atoms with van der Waals surface area (Å²) in [6.07, 6.45) is 1.78. The van der Waals surface area contributed by atoms with Crippen molar-refractivity contribution < 1.29 is 19.1 Å². The summed E-state index contributed by atoms with van der Waals surface area (Å²) in [4.78, 5) is 27.5. The van der Waals surface area contributed by atoms with Crippen LogP contribution >= 0.6 is 24.0 Å². The first-order valence-corrected chi connectivity index (χ1v) is 12.5. The van der Waals surface area contributed by atoms with E-state index in [9.17, 15) is 9.59 Å². The summed E-state index contributed by atoms with van der Waals surface area (Å²) in [5.74, 6) is 0.442.